The average molecular weight is 457 g/mol. The van der Waals surface area contributed by atoms with Gasteiger partial charge in [-0.2, -0.15) is 20.5 Å². The van der Waals surface area contributed by atoms with Gasteiger partial charge in [-0.25, -0.2) is 0 Å². The Morgan fingerprint density at radius 3 is 2.24 bits per heavy atom. The van der Waals surface area contributed by atoms with Crippen LogP contribution >= 0.6 is 0 Å². The molecule has 0 amide bonds. The van der Waals surface area contributed by atoms with Crippen LogP contribution in [0.2, 0.25) is 0 Å². The number of nitriles is 2. The second kappa shape index (κ2) is 11.4. The maximum absolute atomic E-state index is 9.00. The van der Waals surface area contributed by atoms with E-state index in [0.717, 1.165) is 16.7 Å². The first-order valence-electron chi connectivity index (χ1n) is 10.3. The molecule has 34 heavy (non-hydrogen) atoms. The largest absolute Gasteiger partial charge is 0.438 e. The molecule has 0 fully saturated rings. The highest BCUT2D eigenvalue weighted by Crippen LogP contribution is 2.31. The molecular formula is C25H24N6O3. The van der Waals surface area contributed by atoms with Gasteiger partial charge in [-0.1, -0.05) is 0 Å². The number of rotatable bonds is 9. The van der Waals surface area contributed by atoms with Gasteiger partial charge >= 0.3 is 0 Å². The summed E-state index contributed by atoms with van der Waals surface area (Å²) in [7, 11) is 3.01. The molecule has 1 heterocycles. The molecule has 9 heteroatoms. The van der Waals surface area contributed by atoms with Crippen molar-refractivity contribution in [3.63, 3.8) is 0 Å². The van der Waals surface area contributed by atoms with E-state index >= 15 is 0 Å². The fourth-order valence-corrected chi connectivity index (χ4v) is 3.18. The number of aromatic nitrogens is 2. The Labute approximate surface area is 198 Å². The van der Waals surface area contributed by atoms with Gasteiger partial charge < -0.3 is 24.8 Å². The Bertz CT molecular complexity index is 1230. The summed E-state index contributed by atoms with van der Waals surface area (Å²) in [5.74, 6) is 1.64. The number of aryl methyl sites for hydroxylation is 2. The summed E-state index contributed by atoms with van der Waals surface area (Å²) < 4.78 is 16.6. The van der Waals surface area contributed by atoms with Gasteiger partial charge in [-0.3, -0.25) is 0 Å². The third-order valence-electron chi connectivity index (χ3n) is 4.71. The number of methoxy groups -OCH3 is 2. The zero-order valence-corrected chi connectivity index (χ0v) is 19.3. The molecule has 2 N–H and O–H groups in total. The fraction of sp³-hybridized carbons (Fsp3) is 0.200. The molecule has 0 saturated carbocycles. The van der Waals surface area contributed by atoms with E-state index in [1.54, 1.807) is 36.4 Å². The highest BCUT2D eigenvalue weighted by Gasteiger charge is 2.14. The average Bonchev–Trinajstić information content (AvgIpc) is 2.84. The van der Waals surface area contributed by atoms with E-state index in [1.807, 2.05) is 32.0 Å². The Balaban J connectivity index is 1.95. The summed E-state index contributed by atoms with van der Waals surface area (Å²) >= 11 is 0. The van der Waals surface area contributed by atoms with Crippen LogP contribution in [-0.4, -0.2) is 30.6 Å². The predicted molar refractivity (Wildman–Crippen MR) is 129 cm³/mol. The van der Waals surface area contributed by atoms with Crippen molar-refractivity contribution in [2.45, 2.75) is 20.3 Å². The summed E-state index contributed by atoms with van der Waals surface area (Å²) in [6.07, 6.45) is 2.45. The molecule has 1 aromatic heterocycles. The van der Waals surface area contributed by atoms with Crippen molar-refractivity contribution in [3.8, 4) is 23.8 Å². The molecule has 2 aromatic carbocycles. The Morgan fingerprint density at radius 2 is 1.65 bits per heavy atom. The third-order valence-corrected chi connectivity index (χ3v) is 4.71. The van der Waals surface area contributed by atoms with E-state index in [9.17, 15) is 0 Å². The maximum Gasteiger partial charge on any atom is 0.238 e. The van der Waals surface area contributed by atoms with E-state index in [1.165, 1.54) is 20.3 Å². The Kier molecular flexibility index (Phi) is 8.14. The predicted octanol–water partition coefficient (Wildman–Crippen LogP) is 5.03. The first-order valence-corrected chi connectivity index (χ1v) is 10.3. The zero-order valence-electron chi connectivity index (χ0n) is 19.3. The summed E-state index contributed by atoms with van der Waals surface area (Å²) in [5, 5.41) is 23.9. The lowest BCUT2D eigenvalue weighted by molar-refractivity contribution is -0.0810. The molecular weight excluding hydrogens is 432 g/mol. The molecule has 3 aromatic rings. The number of hydrogen-bond acceptors (Lipinski definition) is 9. The topological polar surface area (TPSA) is 125 Å². The van der Waals surface area contributed by atoms with Crippen LogP contribution in [0, 0.1) is 36.5 Å². The lowest BCUT2D eigenvalue weighted by Gasteiger charge is -2.18. The number of anilines is 3. The Hall–Kier alpha value is -4.44. The summed E-state index contributed by atoms with van der Waals surface area (Å²) in [6.45, 7) is 3.85. The molecule has 0 spiro atoms. The zero-order chi connectivity index (χ0) is 24.5. The summed E-state index contributed by atoms with van der Waals surface area (Å²) in [4.78, 5) is 8.95. The first-order chi connectivity index (χ1) is 16.4. The van der Waals surface area contributed by atoms with Gasteiger partial charge in [0.05, 0.1) is 17.7 Å². The standard InChI is InChI=1S/C25H24N6O3/c1-16-12-19(6-5-11-26)13-17(2)23(16)34-22-14-21(30-25(32-3)33-4)29-24(31-22)28-20-9-7-18(15-27)8-10-20/h5-10,12-14,25H,1-4H3,(H2,28,29,30,31)/b6-5+. The number of nitrogens with zero attached hydrogens (tertiary/aromatic N) is 4. The van der Waals surface area contributed by atoms with Crippen molar-refractivity contribution in [1.82, 2.24) is 9.97 Å². The van der Waals surface area contributed by atoms with Crippen LogP contribution in [0.1, 0.15) is 22.3 Å². The molecule has 0 aliphatic heterocycles. The number of ether oxygens (including phenoxy) is 3. The highest BCUT2D eigenvalue weighted by molar-refractivity contribution is 5.59. The van der Waals surface area contributed by atoms with Crippen molar-refractivity contribution in [3.05, 3.63) is 70.8 Å². The van der Waals surface area contributed by atoms with Crippen LogP contribution in [0.15, 0.2) is 48.5 Å². The second-order valence-electron chi connectivity index (χ2n) is 7.23. The molecule has 0 bridgehead atoms. The summed E-state index contributed by atoms with van der Waals surface area (Å²) in [6, 6.07) is 16.5. The minimum atomic E-state index is -0.722. The van der Waals surface area contributed by atoms with Crippen LogP contribution in [0.3, 0.4) is 0 Å². The second-order valence-corrected chi connectivity index (χ2v) is 7.23. The minimum absolute atomic E-state index is 0.277. The van der Waals surface area contributed by atoms with Crippen LogP contribution in [0.5, 0.6) is 11.6 Å². The highest BCUT2D eigenvalue weighted by atomic mass is 16.7. The quantitative estimate of drug-likeness (QED) is 0.337. The lowest BCUT2D eigenvalue weighted by atomic mass is 10.1. The van der Waals surface area contributed by atoms with Crippen molar-refractivity contribution in [1.29, 1.82) is 10.5 Å². The van der Waals surface area contributed by atoms with E-state index in [2.05, 4.69) is 26.7 Å². The fourth-order valence-electron chi connectivity index (χ4n) is 3.18. The summed E-state index contributed by atoms with van der Waals surface area (Å²) in [5.41, 5.74) is 3.93. The van der Waals surface area contributed by atoms with Crippen molar-refractivity contribution in [2.24, 2.45) is 0 Å². The van der Waals surface area contributed by atoms with Crippen LogP contribution in [-0.2, 0) is 9.47 Å². The van der Waals surface area contributed by atoms with E-state index in [-0.39, 0.29) is 5.95 Å². The number of nitrogens with one attached hydrogen (secondary N) is 2. The van der Waals surface area contributed by atoms with Gasteiger partial charge in [-0.15, -0.1) is 0 Å². The van der Waals surface area contributed by atoms with Crippen LogP contribution < -0.4 is 15.4 Å². The van der Waals surface area contributed by atoms with E-state index in [0.29, 0.717) is 28.7 Å². The number of hydrogen-bond donors (Lipinski definition) is 2. The molecule has 0 aliphatic carbocycles. The van der Waals surface area contributed by atoms with Gasteiger partial charge in [0.15, 0.2) is 0 Å². The third kappa shape index (κ3) is 6.30. The number of benzene rings is 2. The first kappa shape index (κ1) is 24.2. The molecule has 0 aliphatic rings. The van der Waals surface area contributed by atoms with Gasteiger partial charge in [0.2, 0.25) is 18.2 Å². The lowest BCUT2D eigenvalue weighted by Crippen LogP contribution is -2.24. The molecule has 0 atom stereocenters. The van der Waals surface area contributed by atoms with Gasteiger partial charge in [0.25, 0.3) is 0 Å². The molecule has 9 nitrogen and oxygen atoms in total. The van der Waals surface area contributed by atoms with Crippen molar-refractivity contribution >= 4 is 23.5 Å². The number of allylic oxidation sites excluding steroid dienone is 1. The maximum atomic E-state index is 9.00. The molecule has 0 saturated heterocycles. The van der Waals surface area contributed by atoms with Crippen molar-refractivity contribution in [2.75, 3.05) is 24.9 Å². The van der Waals surface area contributed by atoms with Gasteiger partial charge in [0.1, 0.15) is 11.6 Å². The molecule has 0 radical (unpaired) electrons. The van der Waals surface area contributed by atoms with Gasteiger partial charge in [0, 0.05) is 32.0 Å². The van der Waals surface area contributed by atoms with E-state index in [4.69, 9.17) is 24.7 Å². The minimum Gasteiger partial charge on any atom is -0.438 e. The smallest absolute Gasteiger partial charge is 0.238 e. The Morgan fingerprint density at radius 1 is 0.971 bits per heavy atom. The van der Waals surface area contributed by atoms with E-state index < -0.39 is 6.41 Å². The molecule has 3 rings (SSSR count). The van der Waals surface area contributed by atoms with Gasteiger partial charge in [-0.05, 0) is 73.0 Å². The normalized spacial score (nSPS) is 10.7. The van der Waals surface area contributed by atoms with Crippen molar-refractivity contribution < 1.29 is 14.2 Å². The van der Waals surface area contributed by atoms with Crippen LogP contribution in [0.4, 0.5) is 17.5 Å². The molecule has 172 valence electrons. The SMILES string of the molecule is COC(Nc1cc(Oc2c(C)cc(/C=C/C#N)cc2C)nc(Nc2ccc(C#N)cc2)n1)OC. The monoisotopic (exact) mass is 456 g/mol. The van der Waals surface area contributed by atoms with Crippen LogP contribution in [0.25, 0.3) is 6.08 Å². The molecule has 0 unspecified atom stereocenters.